The van der Waals surface area contributed by atoms with Crippen LogP contribution in [-0.2, 0) is 42.9 Å². The van der Waals surface area contributed by atoms with E-state index in [2.05, 4.69) is 0 Å². The molecule has 5 unspecified atom stereocenters. The maximum Gasteiger partial charge on any atom is 0.303 e. The third kappa shape index (κ3) is 5.51. The van der Waals surface area contributed by atoms with Crippen LogP contribution in [0, 0.1) is 6.92 Å². The van der Waals surface area contributed by atoms with Crippen LogP contribution in [0.2, 0.25) is 0 Å². The van der Waals surface area contributed by atoms with Gasteiger partial charge in [0.2, 0.25) is 0 Å². The van der Waals surface area contributed by atoms with Gasteiger partial charge in [0.15, 0.2) is 24.5 Å². The molecule has 10 heteroatoms. The maximum atomic E-state index is 12.0. The summed E-state index contributed by atoms with van der Waals surface area (Å²) in [7, 11) is 0. The summed E-state index contributed by atoms with van der Waals surface area (Å²) in [4.78, 5) is 47.3. The largest absolute Gasteiger partial charge is 0.463 e. The van der Waals surface area contributed by atoms with Crippen molar-refractivity contribution in [2.75, 3.05) is 6.61 Å². The van der Waals surface area contributed by atoms with Gasteiger partial charge in [-0.25, -0.2) is 0 Å². The predicted molar refractivity (Wildman–Crippen MR) is 114 cm³/mol. The van der Waals surface area contributed by atoms with Gasteiger partial charge in [-0.05, 0) is 24.4 Å². The summed E-state index contributed by atoms with van der Waals surface area (Å²) in [5.41, 5.74) is 1.58. The minimum absolute atomic E-state index is 0.271. The summed E-state index contributed by atoms with van der Waals surface area (Å²) < 4.78 is 29.7. The van der Waals surface area contributed by atoms with Crippen LogP contribution >= 0.6 is 0 Å². The van der Waals surface area contributed by atoms with Crippen LogP contribution in [0.4, 0.5) is 0 Å². The Balaban J connectivity index is 2.15. The first-order valence-electron chi connectivity index (χ1n) is 10.5. The summed E-state index contributed by atoms with van der Waals surface area (Å²) in [6.45, 7) is 6.41. The van der Waals surface area contributed by atoms with Crippen LogP contribution in [-0.4, -0.2) is 59.5 Å². The lowest BCUT2D eigenvalue weighted by molar-refractivity contribution is -0.268. The topological polar surface area (TPSA) is 119 Å². The summed E-state index contributed by atoms with van der Waals surface area (Å²) >= 11 is 0. The molecule has 1 aromatic carbocycles. The van der Waals surface area contributed by atoms with Crippen LogP contribution in [0.1, 0.15) is 39.6 Å². The molecule has 3 rings (SSSR count). The van der Waals surface area contributed by atoms with Gasteiger partial charge in [0, 0.05) is 33.4 Å². The monoisotopic (exact) mass is 461 g/mol. The molecule has 1 aromatic heterocycles. The van der Waals surface area contributed by atoms with E-state index in [9.17, 15) is 19.2 Å². The van der Waals surface area contributed by atoms with Crippen molar-refractivity contribution < 1.29 is 42.9 Å². The second-order valence-electron chi connectivity index (χ2n) is 7.80. The molecule has 1 aliphatic heterocycles. The lowest BCUT2D eigenvalue weighted by atomic mass is 9.96. The zero-order chi connectivity index (χ0) is 24.3. The third-order valence-electron chi connectivity index (χ3n) is 5.16. The van der Waals surface area contributed by atoms with Crippen molar-refractivity contribution in [3.63, 3.8) is 0 Å². The highest BCUT2D eigenvalue weighted by molar-refractivity contribution is 5.81. The first-order valence-corrected chi connectivity index (χ1v) is 10.5. The summed E-state index contributed by atoms with van der Waals surface area (Å²) in [6, 6.07) is 9.47. The Morgan fingerprint density at radius 2 is 1.42 bits per heavy atom. The first kappa shape index (κ1) is 24.2. The molecule has 5 atom stereocenters. The van der Waals surface area contributed by atoms with Gasteiger partial charge in [-0.15, -0.1) is 0 Å². The number of esters is 4. The molecule has 1 fully saturated rings. The van der Waals surface area contributed by atoms with Gasteiger partial charge in [0.25, 0.3) is 0 Å². The SMILES string of the molecule is CC(=O)OCC1OC(n2c(C)cc3ccccc32)C(OC(C)=O)C(OC(C)=O)C1OC(C)=O. The van der Waals surface area contributed by atoms with Gasteiger partial charge in [-0.2, -0.15) is 0 Å². The zero-order valence-corrected chi connectivity index (χ0v) is 19.1. The lowest BCUT2D eigenvalue weighted by Gasteiger charge is -2.45. The van der Waals surface area contributed by atoms with E-state index in [-0.39, 0.29) is 6.61 Å². The fourth-order valence-corrected chi connectivity index (χ4v) is 4.06. The lowest BCUT2D eigenvalue weighted by Crippen LogP contribution is -2.60. The maximum absolute atomic E-state index is 12.0. The number of fused-ring (bicyclic) bond motifs is 1. The second kappa shape index (κ2) is 10.0. The van der Waals surface area contributed by atoms with E-state index in [4.69, 9.17) is 23.7 Å². The molecule has 0 spiro atoms. The summed E-state index contributed by atoms with van der Waals surface area (Å²) in [6.07, 6.45) is -5.52. The van der Waals surface area contributed by atoms with E-state index < -0.39 is 54.5 Å². The molecule has 10 nitrogen and oxygen atoms in total. The van der Waals surface area contributed by atoms with Crippen molar-refractivity contribution in [1.82, 2.24) is 4.57 Å². The van der Waals surface area contributed by atoms with E-state index in [0.717, 1.165) is 16.6 Å². The Bertz CT molecular complexity index is 1060. The average molecular weight is 461 g/mol. The minimum Gasteiger partial charge on any atom is -0.463 e. The smallest absolute Gasteiger partial charge is 0.303 e. The second-order valence-corrected chi connectivity index (χ2v) is 7.80. The molecule has 0 N–H and O–H groups in total. The number of benzene rings is 1. The summed E-state index contributed by atoms with van der Waals surface area (Å²) in [5.74, 6) is -2.54. The zero-order valence-electron chi connectivity index (χ0n) is 19.1. The number of rotatable bonds is 6. The molecule has 33 heavy (non-hydrogen) atoms. The Morgan fingerprint density at radius 1 is 0.848 bits per heavy atom. The van der Waals surface area contributed by atoms with Gasteiger partial charge >= 0.3 is 23.9 Å². The average Bonchev–Trinajstić information content (AvgIpc) is 3.04. The molecule has 0 radical (unpaired) electrons. The molecule has 2 aromatic rings. The standard InChI is InChI=1S/C23H27NO9/c1-12-10-17-8-6-7-9-18(17)24(12)23-22(32-16(5)28)21(31-15(4)27)20(30-14(3)26)19(33-23)11-29-13(2)25/h6-10,19-23H,11H2,1-5H3. The Morgan fingerprint density at radius 3 is 2.03 bits per heavy atom. The van der Waals surface area contributed by atoms with E-state index in [0.29, 0.717) is 0 Å². The first-order chi connectivity index (χ1) is 15.6. The molecule has 1 saturated heterocycles. The fraction of sp³-hybridized carbons (Fsp3) is 0.478. The number of hydrogen-bond acceptors (Lipinski definition) is 9. The molecular formula is C23H27NO9. The van der Waals surface area contributed by atoms with E-state index in [1.54, 1.807) is 0 Å². The minimum atomic E-state index is -1.21. The number of para-hydroxylation sites is 1. The Hall–Kier alpha value is -3.40. The molecule has 0 saturated carbocycles. The highest BCUT2D eigenvalue weighted by Gasteiger charge is 2.53. The molecule has 0 amide bonds. The third-order valence-corrected chi connectivity index (χ3v) is 5.16. The van der Waals surface area contributed by atoms with Gasteiger partial charge in [-0.3, -0.25) is 19.2 Å². The number of carbonyl (C=O) groups is 4. The van der Waals surface area contributed by atoms with Crippen molar-refractivity contribution in [1.29, 1.82) is 0 Å². The number of carbonyl (C=O) groups excluding carboxylic acids is 4. The van der Waals surface area contributed by atoms with Crippen molar-refractivity contribution in [2.24, 2.45) is 0 Å². The van der Waals surface area contributed by atoms with E-state index in [1.165, 1.54) is 27.7 Å². The van der Waals surface area contributed by atoms with Gasteiger partial charge in [-0.1, -0.05) is 18.2 Å². The van der Waals surface area contributed by atoms with Gasteiger partial charge < -0.3 is 28.3 Å². The van der Waals surface area contributed by atoms with Gasteiger partial charge in [0.1, 0.15) is 12.7 Å². The molecule has 0 aliphatic carbocycles. The van der Waals surface area contributed by atoms with Crippen molar-refractivity contribution >= 4 is 34.8 Å². The Kier molecular flexibility index (Phi) is 7.37. The molecule has 1 aliphatic rings. The van der Waals surface area contributed by atoms with Crippen LogP contribution < -0.4 is 0 Å². The highest BCUT2D eigenvalue weighted by Crippen LogP contribution is 2.37. The van der Waals surface area contributed by atoms with Crippen LogP contribution in [0.5, 0.6) is 0 Å². The van der Waals surface area contributed by atoms with Crippen molar-refractivity contribution in [3.05, 3.63) is 36.0 Å². The number of ether oxygens (including phenoxy) is 5. The van der Waals surface area contributed by atoms with E-state index in [1.807, 2.05) is 41.8 Å². The normalized spacial score (nSPS) is 24.7. The number of hydrogen-bond donors (Lipinski definition) is 0. The van der Waals surface area contributed by atoms with Crippen LogP contribution in [0.3, 0.4) is 0 Å². The molecule has 0 bridgehead atoms. The number of aromatic nitrogens is 1. The van der Waals surface area contributed by atoms with Crippen molar-refractivity contribution in [2.45, 2.75) is 65.3 Å². The fourth-order valence-electron chi connectivity index (χ4n) is 4.06. The summed E-state index contributed by atoms with van der Waals surface area (Å²) in [5, 5.41) is 0.919. The number of aryl methyl sites for hydroxylation is 1. The highest BCUT2D eigenvalue weighted by atomic mass is 16.7. The molecule has 2 heterocycles. The van der Waals surface area contributed by atoms with Crippen molar-refractivity contribution in [3.8, 4) is 0 Å². The van der Waals surface area contributed by atoms with Crippen LogP contribution in [0.15, 0.2) is 30.3 Å². The van der Waals surface area contributed by atoms with Crippen LogP contribution in [0.25, 0.3) is 10.9 Å². The van der Waals surface area contributed by atoms with Gasteiger partial charge in [0.05, 0.1) is 5.52 Å². The number of nitrogens with zero attached hydrogens (tertiary/aromatic N) is 1. The molecule has 178 valence electrons. The molecular weight excluding hydrogens is 434 g/mol. The van der Waals surface area contributed by atoms with E-state index >= 15 is 0 Å². The Labute approximate surface area is 190 Å². The quantitative estimate of drug-likeness (QED) is 0.471. The predicted octanol–water partition coefficient (Wildman–Crippen LogP) is 2.21.